The van der Waals surface area contributed by atoms with Crippen LogP contribution < -0.4 is 10.5 Å². The summed E-state index contributed by atoms with van der Waals surface area (Å²) >= 11 is 6.02. The average molecular weight is 240 g/mol. The predicted molar refractivity (Wildman–Crippen MR) is 66.8 cm³/mol. The average Bonchev–Trinajstić information content (AvgIpc) is 2.23. The Morgan fingerprint density at radius 3 is 2.69 bits per heavy atom. The molecule has 1 saturated carbocycles. The van der Waals surface area contributed by atoms with Gasteiger partial charge in [-0.05, 0) is 37.4 Å². The zero-order chi connectivity index (χ0) is 11.4. The number of halogens is 1. The van der Waals surface area contributed by atoms with Gasteiger partial charge in [0.1, 0.15) is 5.75 Å². The van der Waals surface area contributed by atoms with Gasteiger partial charge in [0.25, 0.3) is 0 Å². The molecule has 2 N–H and O–H groups in total. The SMILES string of the molecule is NCC(COc1ccccc1Cl)C1CCC1. The Morgan fingerprint density at radius 2 is 2.12 bits per heavy atom. The molecular weight excluding hydrogens is 222 g/mol. The number of nitrogens with two attached hydrogens (primary N) is 1. The maximum atomic E-state index is 6.02. The maximum Gasteiger partial charge on any atom is 0.137 e. The van der Waals surface area contributed by atoms with Crippen molar-refractivity contribution in [1.82, 2.24) is 0 Å². The van der Waals surface area contributed by atoms with Gasteiger partial charge in [-0.15, -0.1) is 0 Å². The highest BCUT2D eigenvalue weighted by Crippen LogP contribution is 2.33. The summed E-state index contributed by atoms with van der Waals surface area (Å²) in [7, 11) is 0. The molecule has 1 aromatic rings. The number of para-hydroxylation sites is 1. The first-order valence-electron chi connectivity index (χ1n) is 5.88. The molecule has 1 fully saturated rings. The van der Waals surface area contributed by atoms with E-state index >= 15 is 0 Å². The lowest BCUT2D eigenvalue weighted by Gasteiger charge is -2.32. The van der Waals surface area contributed by atoms with E-state index < -0.39 is 0 Å². The molecule has 16 heavy (non-hydrogen) atoms. The molecule has 1 unspecified atom stereocenters. The summed E-state index contributed by atoms with van der Waals surface area (Å²) in [4.78, 5) is 0. The summed E-state index contributed by atoms with van der Waals surface area (Å²) in [6.07, 6.45) is 3.94. The maximum absolute atomic E-state index is 6.02. The van der Waals surface area contributed by atoms with Gasteiger partial charge < -0.3 is 10.5 Å². The van der Waals surface area contributed by atoms with E-state index in [4.69, 9.17) is 22.1 Å². The van der Waals surface area contributed by atoms with Crippen LogP contribution in [0.3, 0.4) is 0 Å². The highest BCUT2D eigenvalue weighted by Gasteiger charge is 2.26. The minimum absolute atomic E-state index is 0.477. The highest BCUT2D eigenvalue weighted by molar-refractivity contribution is 6.32. The second-order valence-electron chi connectivity index (χ2n) is 4.43. The molecule has 0 aromatic heterocycles. The summed E-state index contributed by atoms with van der Waals surface area (Å²) in [6, 6.07) is 7.58. The number of rotatable bonds is 5. The molecule has 2 nitrogen and oxygen atoms in total. The quantitative estimate of drug-likeness (QED) is 0.857. The van der Waals surface area contributed by atoms with Crippen molar-refractivity contribution in [2.45, 2.75) is 19.3 Å². The standard InChI is InChI=1S/C13H18ClNO/c14-12-6-1-2-7-13(12)16-9-11(8-15)10-4-3-5-10/h1-2,6-7,10-11H,3-5,8-9,15H2. The fourth-order valence-corrected chi connectivity index (χ4v) is 2.26. The lowest BCUT2D eigenvalue weighted by Crippen LogP contribution is -2.32. The Bertz CT molecular complexity index is 338. The van der Waals surface area contributed by atoms with Gasteiger partial charge in [0.15, 0.2) is 0 Å². The van der Waals surface area contributed by atoms with Crippen molar-refractivity contribution in [2.75, 3.05) is 13.2 Å². The van der Waals surface area contributed by atoms with E-state index in [9.17, 15) is 0 Å². The van der Waals surface area contributed by atoms with Crippen LogP contribution in [-0.2, 0) is 0 Å². The van der Waals surface area contributed by atoms with E-state index in [1.165, 1.54) is 19.3 Å². The topological polar surface area (TPSA) is 35.2 Å². The summed E-state index contributed by atoms with van der Waals surface area (Å²) in [5.41, 5.74) is 5.77. The van der Waals surface area contributed by atoms with E-state index in [0.29, 0.717) is 24.1 Å². The van der Waals surface area contributed by atoms with Crippen LogP contribution in [0.5, 0.6) is 5.75 Å². The molecular formula is C13H18ClNO. The lowest BCUT2D eigenvalue weighted by molar-refractivity contribution is 0.142. The Kier molecular flexibility index (Phi) is 4.08. The Balaban J connectivity index is 1.88. The zero-order valence-corrected chi connectivity index (χ0v) is 10.1. The summed E-state index contributed by atoms with van der Waals surface area (Å²) in [5, 5.41) is 0.673. The molecule has 0 aliphatic heterocycles. The molecule has 1 aromatic carbocycles. The van der Waals surface area contributed by atoms with Crippen molar-refractivity contribution in [1.29, 1.82) is 0 Å². The lowest BCUT2D eigenvalue weighted by atomic mass is 9.76. The van der Waals surface area contributed by atoms with E-state index in [1.54, 1.807) is 0 Å². The van der Waals surface area contributed by atoms with Crippen molar-refractivity contribution in [3.8, 4) is 5.75 Å². The molecule has 0 spiro atoms. The first-order chi connectivity index (χ1) is 7.81. The minimum Gasteiger partial charge on any atom is -0.492 e. The molecule has 1 aliphatic carbocycles. The van der Waals surface area contributed by atoms with Crippen molar-refractivity contribution in [2.24, 2.45) is 17.6 Å². The van der Waals surface area contributed by atoms with Crippen molar-refractivity contribution < 1.29 is 4.74 Å². The fourth-order valence-electron chi connectivity index (χ4n) is 2.07. The number of hydrogen-bond acceptors (Lipinski definition) is 2. The van der Waals surface area contributed by atoms with Crippen LogP contribution in [0.4, 0.5) is 0 Å². The molecule has 0 amide bonds. The Hall–Kier alpha value is -0.730. The Labute approximate surface area is 102 Å². The molecule has 0 bridgehead atoms. The molecule has 0 radical (unpaired) electrons. The fraction of sp³-hybridized carbons (Fsp3) is 0.538. The molecule has 1 atom stereocenters. The largest absolute Gasteiger partial charge is 0.492 e. The summed E-state index contributed by atoms with van der Waals surface area (Å²) < 4.78 is 5.73. The van der Waals surface area contributed by atoms with Gasteiger partial charge in [-0.1, -0.05) is 30.2 Å². The van der Waals surface area contributed by atoms with Crippen molar-refractivity contribution in [3.63, 3.8) is 0 Å². The van der Waals surface area contributed by atoms with Crippen LogP contribution in [0.15, 0.2) is 24.3 Å². The first kappa shape index (κ1) is 11.7. The molecule has 3 heteroatoms. The van der Waals surface area contributed by atoms with Crippen LogP contribution in [-0.4, -0.2) is 13.2 Å². The summed E-state index contributed by atoms with van der Waals surface area (Å²) in [6.45, 7) is 1.39. The minimum atomic E-state index is 0.477. The van der Waals surface area contributed by atoms with Crippen LogP contribution in [0.2, 0.25) is 5.02 Å². The van der Waals surface area contributed by atoms with Crippen LogP contribution in [0, 0.1) is 11.8 Å². The second kappa shape index (κ2) is 5.55. The van der Waals surface area contributed by atoms with Gasteiger partial charge in [-0.3, -0.25) is 0 Å². The Morgan fingerprint density at radius 1 is 1.38 bits per heavy atom. The van der Waals surface area contributed by atoms with Gasteiger partial charge in [-0.25, -0.2) is 0 Å². The van der Waals surface area contributed by atoms with Crippen molar-refractivity contribution >= 4 is 11.6 Å². The molecule has 1 aliphatic rings. The van der Waals surface area contributed by atoms with E-state index in [-0.39, 0.29) is 0 Å². The zero-order valence-electron chi connectivity index (χ0n) is 9.36. The molecule has 0 heterocycles. The molecule has 88 valence electrons. The van der Waals surface area contributed by atoms with Crippen LogP contribution >= 0.6 is 11.6 Å². The first-order valence-corrected chi connectivity index (χ1v) is 6.26. The van der Waals surface area contributed by atoms with E-state index in [1.807, 2.05) is 24.3 Å². The second-order valence-corrected chi connectivity index (χ2v) is 4.84. The van der Waals surface area contributed by atoms with Gasteiger partial charge in [0.2, 0.25) is 0 Å². The summed E-state index contributed by atoms with van der Waals surface area (Å²) in [5.74, 6) is 2.00. The van der Waals surface area contributed by atoms with E-state index in [2.05, 4.69) is 0 Å². The van der Waals surface area contributed by atoms with E-state index in [0.717, 1.165) is 11.7 Å². The van der Waals surface area contributed by atoms with Gasteiger partial charge >= 0.3 is 0 Å². The third kappa shape index (κ3) is 2.69. The monoisotopic (exact) mass is 239 g/mol. The number of hydrogen-bond donors (Lipinski definition) is 1. The third-order valence-electron chi connectivity index (χ3n) is 3.41. The molecule has 0 saturated heterocycles. The molecule has 2 rings (SSSR count). The van der Waals surface area contributed by atoms with Crippen molar-refractivity contribution in [3.05, 3.63) is 29.3 Å². The highest BCUT2D eigenvalue weighted by atomic mass is 35.5. The van der Waals surface area contributed by atoms with Crippen LogP contribution in [0.25, 0.3) is 0 Å². The van der Waals surface area contributed by atoms with Gasteiger partial charge in [0.05, 0.1) is 11.6 Å². The number of benzene rings is 1. The van der Waals surface area contributed by atoms with Crippen LogP contribution in [0.1, 0.15) is 19.3 Å². The van der Waals surface area contributed by atoms with Gasteiger partial charge in [-0.2, -0.15) is 0 Å². The third-order valence-corrected chi connectivity index (χ3v) is 3.72. The smallest absolute Gasteiger partial charge is 0.137 e. The number of ether oxygens (including phenoxy) is 1. The normalized spacial score (nSPS) is 17.9. The predicted octanol–water partition coefficient (Wildman–Crippen LogP) is 3.09. The van der Waals surface area contributed by atoms with Gasteiger partial charge in [0, 0.05) is 5.92 Å².